The molecule has 2 unspecified atom stereocenters. The van der Waals surface area contributed by atoms with Crippen molar-refractivity contribution in [2.24, 2.45) is 23.7 Å². The first kappa shape index (κ1) is 81.9. The van der Waals surface area contributed by atoms with Gasteiger partial charge in [0.1, 0.15) is 0 Å². The summed E-state index contributed by atoms with van der Waals surface area (Å²) in [6.45, 7) is 18.1. The largest absolute Gasteiger partial charge is 0.512 e. The number of allylic oxidation sites excluding steroid dienone is 4. The molecule has 2 fully saturated rings. The third kappa shape index (κ3) is 29.6. The fourth-order valence-electron chi connectivity index (χ4n) is 14.8. The van der Waals surface area contributed by atoms with Crippen LogP contribution < -0.4 is 0 Å². The van der Waals surface area contributed by atoms with Gasteiger partial charge in [-0.05, 0) is 178 Å². The molecular weight excluding hydrogens is 1830 g/mol. The van der Waals surface area contributed by atoms with Gasteiger partial charge in [0.25, 0.3) is 0 Å². The molecule has 2 N–H and O–H groups in total. The van der Waals surface area contributed by atoms with Crippen LogP contribution in [0, 0.1) is 89.3 Å². The van der Waals surface area contributed by atoms with E-state index < -0.39 is 62.3 Å². The Labute approximate surface area is 732 Å². The van der Waals surface area contributed by atoms with Crippen LogP contribution in [0.5, 0.6) is 0 Å². The standard InChI is InChI=1S/2C22H22N.C20H20N.2C13H21F3O2.C11H8N.2Ir/c2*1-15-11-16(2)13-20(12-15)22-21-8-7-18(17-5-3-4-6-17)14-19(21)9-10-23-22;1-13(2)16-5-6-19-17(12-16)7-8-21-20(19)18-10-14(3)9-15(4)11-18;2*1-4-9(5-2)11(17)7-12(18)10(6-3)8-13(14,15)16;1-2-6-10(7-3-1)11-8-4-5-9-12-11;;/h2*7-12,14,17H,3-6H2,1-2H3;5-10,12-13H,1-4H3;2*7,9-10,18H,4-6,8H2,1-3H3;1-6,8-9H;;/q3*-1;;;-1;;/i2D3,9D,10D;1D3;7D,8D;;;;;. The number of ketones is 2. The number of rotatable bonds is 21. The molecule has 16 heteroatoms. The Morgan fingerprint density at radius 3 is 1.34 bits per heavy atom. The maximum atomic E-state index is 12.3. The number of alkyl halides is 6. The summed E-state index contributed by atoms with van der Waals surface area (Å²) in [7, 11) is 0. The number of aryl methyl sites for hydroxylation is 6. The Balaban J connectivity index is 0.000000239. The van der Waals surface area contributed by atoms with E-state index >= 15 is 0 Å². The van der Waals surface area contributed by atoms with Crippen LogP contribution >= 0.6 is 0 Å². The Morgan fingerprint density at radius 1 is 0.479 bits per heavy atom. The number of hydrogen-bond acceptors (Lipinski definition) is 8. The Morgan fingerprint density at radius 2 is 0.906 bits per heavy atom. The zero-order valence-corrected chi connectivity index (χ0v) is 73.7. The summed E-state index contributed by atoms with van der Waals surface area (Å²) in [5.74, 6) is -2.42. The average molecular weight is 1960 g/mol. The van der Waals surface area contributed by atoms with E-state index in [4.69, 9.17) is 13.7 Å². The molecule has 117 heavy (non-hydrogen) atoms. The molecule has 7 aromatic carbocycles. The van der Waals surface area contributed by atoms with Crippen molar-refractivity contribution in [3.8, 4) is 45.0 Å². The second kappa shape index (κ2) is 47.1. The second-order valence-electron chi connectivity index (χ2n) is 30.3. The molecule has 2 radical (unpaired) electrons. The number of pyridine rings is 4. The van der Waals surface area contributed by atoms with Gasteiger partial charge in [-0.15, -0.1) is 141 Å². The van der Waals surface area contributed by atoms with E-state index in [-0.39, 0.29) is 106 Å². The number of hydrogen-bond donors (Lipinski definition) is 2. The number of nitrogens with zero attached hydrogens (tertiary/aromatic N) is 4. The topological polar surface area (TPSA) is 126 Å². The summed E-state index contributed by atoms with van der Waals surface area (Å²) < 4.78 is 153. The van der Waals surface area contributed by atoms with Gasteiger partial charge >= 0.3 is 12.4 Å². The van der Waals surface area contributed by atoms with Gasteiger partial charge in [-0.3, -0.25) is 9.59 Å². The fraction of sp³-hybridized carbons (Fsp3) is 0.386. The van der Waals surface area contributed by atoms with Crippen LogP contribution in [0.2, 0.25) is 0 Å². The minimum absolute atomic E-state index is 0. The van der Waals surface area contributed by atoms with Crippen molar-refractivity contribution in [2.45, 2.75) is 230 Å². The van der Waals surface area contributed by atoms with Crippen LogP contribution in [0.3, 0.4) is 0 Å². The van der Waals surface area contributed by atoms with E-state index in [1.807, 2.05) is 140 Å². The monoisotopic (exact) mass is 1960 g/mol. The molecule has 8 nitrogen and oxygen atoms in total. The molecule has 13 rings (SSSR count). The van der Waals surface area contributed by atoms with Crippen molar-refractivity contribution in [2.75, 3.05) is 0 Å². The third-order valence-electron chi connectivity index (χ3n) is 21.1. The maximum Gasteiger partial charge on any atom is 0.389 e. The third-order valence-corrected chi connectivity index (χ3v) is 21.1. The van der Waals surface area contributed by atoms with Gasteiger partial charge in [0.15, 0.2) is 11.6 Å². The number of carbonyl (C=O) groups is 2. The first-order valence-electron chi connectivity index (χ1n) is 45.2. The molecule has 2 saturated carbocycles. The van der Waals surface area contributed by atoms with Crippen molar-refractivity contribution in [3.63, 3.8) is 0 Å². The Kier molecular flexibility index (Phi) is 33.0. The molecule has 4 heterocycles. The Hall–Kier alpha value is -8.78. The zero-order valence-electron chi connectivity index (χ0n) is 78.9. The summed E-state index contributed by atoms with van der Waals surface area (Å²) in [5.41, 5.74) is 14.3. The minimum Gasteiger partial charge on any atom is -0.512 e. The molecule has 2 aliphatic carbocycles. The van der Waals surface area contributed by atoms with Crippen molar-refractivity contribution >= 4 is 43.9 Å². The van der Waals surface area contributed by atoms with E-state index in [9.17, 15) is 46.1 Å². The predicted octanol–water partition coefficient (Wildman–Crippen LogP) is 28.8. The van der Waals surface area contributed by atoms with Crippen molar-refractivity contribution in [1.29, 1.82) is 0 Å². The molecule has 4 aromatic heterocycles. The predicted molar refractivity (Wildman–Crippen MR) is 460 cm³/mol. The summed E-state index contributed by atoms with van der Waals surface area (Å²) in [5, 5.41) is 24.6. The van der Waals surface area contributed by atoms with E-state index in [0.29, 0.717) is 65.6 Å². The Bertz CT molecular complexity index is 5400. The number of aliphatic hydroxyl groups excluding tert-OH is 2. The van der Waals surface area contributed by atoms with E-state index in [0.717, 1.165) is 108 Å². The van der Waals surface area contributed by atoms with Crippen LogP contribution in [-0.2, 0) is 49.8 Å². The van der Waals surface area contributed by atoms with Crippen molar-refractivity contribution in [1.82, 2.24) is 19.9 Å². The number of fused-ring (bicyclic) bond motifs is 3. The molecule has 11 aromatic rings. The van der Waals surface area contributed by atoms with E-state index in [2.05, 4.69) is 94.4 Å². The minimum atomic E-state index is -4.33. The first-order valence-corrected chi connectivity index (χ1v) is 40.2. The van der Waals surface area contributed by atoms with Crippen LogP contribution in [0.25, 0.3) is 77.3 Å². The number of aliphatic hydroxyl groups is 2. The summed E-state index contributed by atoms with van der Waals surface area (Å²) >= 11 is 0. The summed E-state index contributed by atoms with van der Waals surface area (Å²) in [6, 6.07) is 58.5. The second-order valence-corrected chi connectivity index (χ2v) is 30.3. The number of carbonyl (C=O) groups excluding carboxylic acids is 2. The van der Waals surface area contributed by atoms with Crippen molar-refractivity contribution in [3.05, 3.63) is 274 Å². The first-order chi connectivity index (χ1) is 59.0. The van der Waals surface area contributed by atoms with Gasteiger partial charge in [0.05, 0.1) is 29.8 Å². The molecule has 0 aliphatic heterocycles. The van der Waals surface area contributed by atoms with Crippen LogP contribution in [0.4, 0.5) is 26.3 Å². The van der Waals surface area contributed by atoms with Gasteiger partial charge in [-0.2, -0.15) is 26.3 Å². The van der Waals surface area contributed by atoms with Crippen LogP contribution in [-0.4, -0.2) is 54.1 Å². The fourth-order valence-corrected chi connectivity index (χ4v) is 14.8. The average Bonchev–Trinajstić information content (AvgIpc) is 1.19. The number of aromatic nitrogens is 4. The normalized spacial score (nSPS) is 15.1. The molecule has 626 valence electrons. The molecular formula is C101H114F6Ir2N4O4-4. The molecule has 0 saturated heterocycles. The SMILES string of the molecule is CCC(CC)C(=O)C=C(O)C(CC)CC(F)(F)F.CCC(CC)C(=O)C=C(O)C(CC)CC(F)(F)F.[2H]C([2H])([2H])c1cc(C)[c-]c(-c2nccc3cc(C4CCCC4)ccc23)c1.[2H]c1nc(-c2[c-]c(C([2H])([2H])[2H])cc(C)c2)c2ccc(C3CCCC3)cc2c1[2H].[2H]c1nc(-c2[c-]c(C)cc(C)c2)c2ccc(C(C)C)cc2c1[2H].[Ir].[Ir].[c-]1ccccc1-c1ccccn1. The molecule has 2 aliphatic rings. The number of benzene rings is 7. The maximum absolute atomic E-state index is 12.3. The quantitative estimate of drug-likeness (QED) is 0.0315. The molecule has 0 spiro atoms. The number of halogens is 6. The van der Waals surface area contributed by atoms with Gasteiger partial charge in [-0.1, -0.05) is 189 Å². The molecule has 0 amide bonds. The molecule has 0 bridgehead atoms. The summed E-state index contributed by atoms with van der Waals surface area (Å²) in [6.07, 6.45) is 7.36. The van der Waals surface area contributed by atoms with Crippen LogP contribution in [0.1, 0.15) is 240 Å². The van der Waals surface area contributed by atoms with Crippen LogP contribution in [0.15, 0.2) is 200 Å². The van der Waals surface area contributed by atoms with Gasteiger partial charge < -0.3 is 30.1 Å². The zero-order chi connectivity index (χ0) is 92.0. The molecule has 2 atom stereocenters. The van der Waals surface area contributed by atoms with Gasteiger partial charge in [0, 0.05) is 109 Å². The smallest absolute Gasteiger partial charge is 0.389 e. The van der Waals surface area contributed by atoms with E-state index in [1.54, 1.807) is 44.4 Å². The van der Waals surface area contributed by atoms with Crippen molar-refractivity contribution < 1.29 is 100 Å². The van der Waals surface area contributed by atoms with Gasteiger partial charge in [-0.25, -0.2) is 0 Å². The van der Waals surface area contributed by atoms with Gasteiger partial charge in [0.2, 0.25) is 0 Å². The summed E-state index contributed by atoms with van der Waals surface area (Å²) in [4.78, 5) is 40.8. The van der Waals surface area contributed by atoms with E-state index in [1.165, 1.54) is 55.2 Å².